The number of carbonyl (C=O) groups is 1. The van der Waals surface area contributed by atoms with Crippen LogP contribution >= 0.6 is 0 Å². The molecule has 0 bridgehead atoms. The Kier molecular flexibility index (Phi) is 3.96. The molecule has 2 aromatic rings. The molecule has 1 saturated heterocycles. The van der Waals surface area contributed by atoms with E-state index in [1.165, 1.54) is 0 Å². The molecule has 0 saturated carbocycles. The number of amides is 1. The number of carbonyl (C=O) groups excluding carboxylic acids is 1. The van der Waals surface area contributed by atoms with Crippen LogP contribution in [0.3, 0.4) is 0 Å². The van der Waals surface area contributed by atoms with E-state index in [1.807, 2.05) is 12.1 Å². The smallest absolute Gasteiger partial charge is 0.257 e. The lowest BCUT2D eigenvalue weighted by Crippen LogP contribution is -2.27. The molecule has 1 amide bonds. The predicted molar refractivity (Wildman–Crippen MR) is 76.8 cm³/mol. The molecule has 0 aliphatic carbocycles. The van der Waals surface area contributed by atoms with E-state index in [-0.39, 0.29) is 11.8 Å². The number of nitrogens with one attached hydrogen (secondary N) is 1. The van der Waals surface area contributed by atoms with Crippen molar-refractivity contribution in [3.63, 3.8) is 0 Å². The molecule has 1 aliphatic rings. The van der Waals surface area contributed by atoms with E-state index in [0.717, 1.165) is 24.3 Å². The first kappa shape index (κ1) is 13.8. The largest absolute Gasteiger partial charge is 0.381 e. The van der Waals surface area contributed by atoms with E-state index >= 15 is 0 Å². The molecule has 0 radical (unpaired) electrons. The molecule has 1 unspecified atom stereocenters. The van der Waals surface area contributed by atoms with Gasteiger partial charge >= 0.3 is 0 Å². The molecule has 3 rings (SSSR count). The number of aromatic amines is 1. The molecule has 6 heteroatoms. The van der Waals surface area contributed by atoms with Crippen LogP contribution < -0.4 is 0 Å². The fraction of sp³-hybridized carbons (Fsp3) is 0.400. The molecule has 0 aromatic carbocycles. The van der Waals surface area contributed by atoms with Gasteiger partial charge in [0.05, 0.1) is 24.1 Å². The van der Waals surface area contributed by atoms with Gasteiger partial charge in [-0.05, 0) is 18.1 Å². The Bertz CT molecular complexity index is 605. The summed E-state index contributed by atoms with van der Waals surface area (Å²) in [5, 5.41) is 6.99. The lowest BCUT2D eigenvalue weighted by Gasteiger charge is -2.18. The summed E-state index contributed by atoms with van der Waals surface area (Å²) < 4.78 is 5.39. The summed E-state index contributed by atoms with van der Waals surface area (Å²) >= 11 is 0. The van der Waals surface area contributed by atoms with Crippen LogP contribution in [-0.4, -0.2) is 46.2 Å². The van der Waals surface area contributed by atoms with E-state index < -0.39 is 0 Å². The Hall–Kier alpha value is -2.21. The summed E-state index contributed by atoms with van der Waals surface area (Å²) in [6.45, 7) is 1.91. The van der Waals surface area contributed by atoms with Gasteiger partial charge in [0.1, 0.15) is 0 Å². The number of aromatic nitrogens is 3. The minimum absolute atomic E-state index is 0.0329. The second kappa shape index (κ2) is 6.05. The summed E-state index contributed by atoms with van der Waals surface area (Å²) in [5.41, 5.74) is 2.52. The van der Waals surface area contributed by atoms with Gasteiger partial charge in [0.2, 0.25) is 0 Å². The number of rotatable bonds is 4. The van der Waals surface area contributed by atoms with E-state index in [0.29, 0.717) is 18.7 Å². The van der Waals surface area contributed by atoms with Crippen LogP contribution in [0.15, 0.2) is 30.7 Å². The fourth-order valence-electron chi connectivity index (χ4n) is 2.58. The minimum Gasteiger partial charge on any atom is -0.381 e. The van der Waals surface area contributed by atoms with E-state index in [4.69, 9.17) is 4.74 Å². The van der Waals surface area contributed by atoms with Gasteiger partial charge in [0.25, 0.3) is 5.91 Å². The molecule has 2 aromatic heterocycles. The standard InChI is InChI=1S/C15H18N4O2/c1-19(9-11-3-2-5-16-7-11)15(20)13-8-17-18-14(13)12-4-6-21-10-12/h2-3,5,7-8,12H,4,6,9-10H2,1H3,(H,17,18). The van der Waals surface area contributed by atoms with Crippen LogP contribution in [0, 0.1) is 0 Å². The molecule has 110 valence electrons. The SMILES string of the molecule is CN(Cc1cccnc1)C(=O)c1cn[nH]c1C1CCOC1. The lowest BCUT2D eigenvalue weighted by molar-refractivity contribution is 0.0783. The average molecular weight is 286 g/mol. The van der Waals surface area contributed by atoms with Gasteiger partial charge in [-0.25, -0.2) is 0 Å². The van der Waals surface area contributed by atoms with Crippen LogP contribution in [0.25, 0.3) is 0 Å². The Morgan fingerprint density at radius 2 is 2.43 bits per heavy atom. The van der Waals surface area contributed by atoms with Gasteiger partial charge in [-0.15, -0.1) is 0 Å². The van der Waals surface area contributed by atoms with Crippen molar-refractivity contribution in [2.45, 2.75) is 18.9 Å². The average Bonchev–Trinajstić information content (AvgIpc) is 3.18. The van der Waals surface area contributed by atoms with Crippen molar-refractivity contribution in [3.8, 4) is 0 Å². The summed E-state index contributed by atoms with van der Waals surface area (Å²) in [5.74, 6) is 0.202. The second-order valence-corrected chi connectivity index (χ2v) is 5.28. The summed E-state index contributed by atoms with van der Waals surface area (Å²) in [7, 11) is 1.79. The molecule has 3 heterocycles. The highest BCUT2D eigenvalue weighted by molar-refractivity contribution is 5.95. The van der Waals surface area contributed by atoms with Crippen molar-refractivity contribution in [2.75, 3.05) is 20.3 Å². The fourth-order valence-corrected chi connectivity index (χ4v) is 2.58. The molecule has 1 aliphatic heterocycles. The highest BCUT2D eigenvalue weighted by atomic mass is 16.5. The molecule has 1 atom stereocenters. The summed E-state index contributed by atoms with van der Waals surface area (Å²) in [6, 6.07) is 3.82. The van der Waals surface area contributed by atoms with E-state index in [9.17, 15) is 4.79 Å². The maximum Gasteiger partial charge on any atom is 0.257 e. The number of pyridine rings is 1. The maximum absolute atomic E-state index is 12.6. The van der Waals surface area contributed by atoms with Gasteiger partial charge in [-0.2, -0.15) is 5.10 Å². The highest BCUT2D eigenvalue weighted by Gasteiger charge is 2.26. The molecule has 1 N–H and O–H groups in total. The van der Waals surface area contributed by atoms with Gasteiger partial charge in [0.15, 0.2) is 0 Å². The molecular formula is C15H18N4O2. The van der Waals surface area contributed by atoms with Crippen LogP contribution in [0.5, 0.6) is 0 Å². The summed E-state index contributed by atoms with van der Waals surface area (Å²) in [6.07, 6.45) is 6.02. The zero-order valence-electron chi connectivity index (χ0n) is 12.0. The highest BCUT2D eigenvalue weighted by Crippen LogP contribution is 2.26. The topological polar surface area (TPSA) is 71.1 Å². The number of nitrogens with zero attached hydrogens (tertiary/aromatic N) is 3. The first-order chi connectivity index (χ1) is 10.3. The molecule has 1 fully saturated rings. The van der Waals surface area contributed by atoms with Gasteiger partial charge in [-0.1, -0.05) is 6.07 Å². The Balaban J connectivity index is 1.74. The van der Waals surface area contributed by atoms with Crippen molar-refractivity contribution in [3.05, 3.63) is 47.5 Å². The number of ether oxygens (including phenoxy) is 1. The van der Waals surface area contributed by atoms with Crippen molar-refractivity contribution in [1.82, 2.24) is 20.1 Å². The molecule has 6 nitrogen and oxygen atoms in total. The molecular weight excluding hydrogens is 268 g/mol. The van der Waals surface area contributed by atoms with Gasteiger partial charge in [0, 0.05) is 38.5 Å². The third-order valence-corrected chi connectivity index (χ3v) is 3.73. The van der Waals surface area contributed by atoms with Gasteiger partial charge in [-0.3, -0.25) is 14.9 Å². The first-order valence-electron chi connectivity index (χ1n) is 7.01. The van der Waals surface area contributed by atoms with Crippen LogP contribution in [0.1, 0.15) is 34.0 Å². The van der Waals surface area contributed by atoms with Crippen LogP contribution in [0.2, 0.25) is 0 Å². The third-order valence-electron chi connectivity index (χ3n) is 3.73. The Morgan fingerprint density at radius 1 is 1.52 bits per heavy atom. The zero-order chi connectivity index (χ0) is 14.7. The maximum atomic E-state index is 12.6. The van der Waals surface area contributed by atoms with Crippen LogP contribution in [-0.2, 0) is 11.3 Å². The van der Waals surface area contributed by atoms with Crippen molar-refractivity contribution in [1.29, 1.82) is 0 Å². The minimum atomic E-state index is -0.0329. The third kappa shape index (κ3) is 2.95. The predicted octanol–water partition coefficient (Wildman–Crippen LogP) is 1.58. The van der Waals surface area contributed by atoms with Crippen molar-refractivity contribution < 1.29 is 9.53 Å². The lowest BCUT2D eigenvalue weighted by atomic mass is 10.0. The summed E-state index contributed by atoms with van der Waals surface area (Å²) in [4.78, 5) is 18.3. The van der Waals surface area contributed by atoms with Crippen molar-refractivity contribution >= 4 is 5.91 Å². The first-order valence-corrected chi connectivity index (χ1v) is 7.01. The zero-order valence-corrected chi connectivity index (χ0v) is 12.0. The van der Waals surface area contributed by atoms with Crippen LogP contribution in [0.4, 0.5) is 0 Å². The molecule has 0 spiro atoms. The molecule has 21 heavy (non-hydrogen) atoms. The van der Waals surface area contributed by atoms with Crippen molar-refractivity contribution in [2.24, 2.45) is 0 Å². The number of H-pyrrole nitrogens is 1. The second-order valence-electron chi connectivity index (χ2n) is 5.28. The Morgan fingerprint density at radius 3 is 3.14 bits per heavy atom. The van der Waals surface area contributed by atoms with Gasteiger partial charge < -0.3 is 9.64 Å². The number of hydrogen-bond acceptors (Lipinski definition) is 4. The normalized spacial score (nSPS) is 17.9. The number of hydrogen-bond donors (Lipinski definition) is 1. The van der Waals surface area contributed by atoms with E-state index in [1.54, 1.807) is 30.5 Å². The monoisotopic (exact) mass is 286 g/mol. The Labute approximate surface area is 123 Å². The van der Waals surface area contributed by atoms with E-state index in [2.05, 4.69) is 15.2 Å². The quantitative estimate of drug-likeness (QED) is 0.926.